The van der Waals surface area contributed by atoms with Gasteiger partial charge in [-0.3, -0.25) is 15.4 Å². The molecule has 4 N–H and O–H groups in total. The number of nitrogens with one attached hydrogen (secondary N) is 1. The lowest BCUT2D eigenvalue weighted by molar-refractivity contribution is -0.384. The van der Waals surface area contributed by atoms with Crippen molar-refractivity contribution >= 4 is 11.7 Å². The van der Waals surface area contributed by atoms with E-state index in [0.717, 1.165) is 0 Å². The van der Waals surface area contributed by atoms with E-state index in [1.165, 1.54) is 31.2 Å². The maximum atomic E-state index is 11.3. The van der Waals surface area contributed by atoms with Gasteiger partial charge in [0.1, 0.15) is 5.54 Å². The fourth-order valence-corrected chi connectivity index (χ4v) is 1.54. The number of aliphatic carboxylic acids is 1. The minimum atomic E-state index is -1.31. The van der Waals surface area contributed by atoms with E-state index in [-0.39, 0.29) is 5.69 Å². The molecule has 7 nitrogen and oxygen atoms in total. The smallest absolute Gasteiger partial charge is 0.328 e. The van der Waals surface area contributed by atoms with Gasteiger partial charge in [0.2, 0.25) is 0 Å². The normalized spacial score (nSPS) is 13.9. The lowest BCUT2D eigenvalue weighted by Crippen LogP contribution is -2.48. The van der Waals surface area contributed by atoms with E-state index in [9.17, 15) is 20.0 Å². The van der Waals surface area contributed by atoms with Crippen LogP contribution >= 0.6 is 0 Å². The van der Waals surface area contributed by atoms with Gasteiger partial charge in [-0.2, -0.15) is 0 Å². The van der Waals surface area contributed by atoms with Gasteiger partial charge in [0.05, 0.1) is 4.92 Å². The molecule has 0 aromatic heterocycles. The van der Waals surface area contributed by atoms with Crippen LogP contribution in [0.3, 0.4) is 0 Å². The van der Waals surface area contributed by atoms with Crippen LogP contribution < -0.4 is 11.1 Å². The molecule has 0 amide bonds. The Bertz CT molecular complexity index is 446. The molecule has 1 atom stereocenters. The lowest BCUT2D eigenvalue weighted by atomic mass is 9.92. The maximum absolute atomic E-state index is 11.3. The summed E-state index contributed by atoms with van der Waals surface area (Å²) < 4.78 is 0. The number of rotatable bonds is 6. The van der Waals surface area contributed by atoms with Crippen LogP contribution in [0.5, 0.6) is 0 Å². The van der Waals surface area contributed by atoms with E-state index in [4.69, 9.17) is 5.73 Å². The Labute approximate surface area is 104 Å². The van der Waals surface area contributed by atoms with Gasteiger partial charge in [0, 0.05) is 25.2 Å². The van der Waals surface area contributed by atoms with Crippen molar-refractivity contribution in [2.45, 2.75) is 12.5 Å². The van der Waals surface area contributed by atoms with Crippen molar-refractivity contribution in [3.8, 4) is 0 Å². The molecular formula is C11H15N3O4. The topological polar surface area (TPSA) is 118 Å². The summed E-state index contributed by atoms with van der Waals surface area (Å²) in [5.74, 6) is -1.06. The molecule has 7 heteroatoms. The van der Waals surface area contributed by atoms with Crippen molar-refractivity contribution in [1.82, 2.24) is 5.32 Å². The zero-order valence-electron chi connectivity index (χ0n) is 9.92. The predicted molar refractivity (Wildman–Crippen MR) is 65.1 cm³/mol. The molecule has 0 radical (unpaired) electrons. The van der Waals surface area contributed by atoms with E-state index in [1.54, 1.807) is 0 Å². The summed E-state index contributed by atoms with van der Waals surface area (Å²) in [4.78, 5) is 21.3. The number of non-ortho nitro benzene ring substituents is 1. The first-order valence-electron chi connectivity index (χ1n) is 5.35. The minimum absolute atomic E-state index is 0.0784. The van der Waals surface area contributed by atoms with E-state index in [1.807, 2.05) is 0 Å². The minimum Gasteiger partial charge on any atom is -0.480 e. The van der Waals surface area contributed by atoms with Crippen molar-refractivity contribution < 1.29 is 14.8 Å². The summed E-state index contributed by atoms with van der Waals surface area (Å²) in [6.45, 7) is 2.13. The average Bonchev–Trinajstić information content (AvgIpc) is 2.35. The van der Waals surface area contributed by atoms with Crippen LogP contribution in [-0.2, 0) is 10.3 Å². The number of carboxylic acids is 1. The first-order chi connectivity index (χ1) is 8.41. The third kappa shape index (κ3) is 2.82. The van der Waals surface area contributed by atoms with Gasteiger partial charge in [0.25, 0.3) is 5.69 Å². The van der Waals surface area contributed by atoms with E-state index >= 15 is 0 Å². The van der Waals surface area contributed by atoms with Gasteiger partial charge >= 0.3 is 5.97 Å². The van der Waals surface area contributed by atoms with Crippen molar-refractivity contribution in [2.24, 2.45) is 5.73 Å². The number of carbonyl (C=O) groups is 1. The molecule has 0 spiro atoms. The van der Waals surface area contributed by atoms with Gasteiger partial charge < -0.3 is 10.8 Å². The Hall–Kier alpha value is -1.99. The number of nitro groups is 1. The lowest BCUT2D eigenvalue weighted by Gasteiger charge is -2.26. The largest absolute Gasteiger partial charge is 0.480 e. The number of hydrogen-bond donors (Lipinski definition) is 3. The fourth-order valence-electron chi connectivity index (χ4n) is 1.54. The van der Waals surface area contributed by atoms with E-state index in [0.29, 0.717) is 18.7 Å². The van der Waals surface area contributed by atoms with Crippen LogP contribution in [-0.4, -0.2) is 29.1 Å². The fraction of sp³-hybridized carbons (Fsp3) is 0.364. The van der Waals surface area contributed by atoms with E-state index in [2.05, 4.69) is 5.32 Å². The number of carboxylic acid groups (broad SMARTS) is 1. The summed E-state index contributed by atoms with van der Waals surface area (Å²) >= 11 is 0. The molecule has 1 aromatic rings. The average molecular weight is 253 g/mol. The van der Waals surface area contributed by atoms with E-state index < -0.39 is 16.4 Å². The number of benzene rings is 1. The number of hydrogen-bond acceptors (Lipinski definition) is 5. The van der Waals surface area contributed by atoms with Crippen molar-refractivity contribution in [2.75, 3.05) is 13.1 Å². The van der Waals surface area contributed by atoms with Crippen LogP contribution in [0, 0.1) is 10.1 Å². The van der Waals surface area contributed by atoms with Crippen LogP contribution in [0.2, 0.25) is 0 Å². The van der Waals surface area contributed by atoms with Crippen molar-refractivity contribution in [3.05, 3.63) is 39.9 Å². The van der Waals surface area contributed by atoms with Crippen LogP contribution in [0.1, 0.15) is 12.5 Å². The zero-order chi connectivity index (χ0) is 13.8. The Morgan fingerprint density at radius 1 is 1.50 bits per heavy atom. The van der Waals surface area contributed by atoms with Crippen LogP contribution in [0.4, 0.5) is 5.69 Å². The Morgan fingerprint density at radius 3 is 2.44 bits per heavy atom. The number of nitrogens with zero attached hydrogens (tertiary/aromatic N) is 1. The summed E-state index contributed by atoms with van der Waals surface area (Å²) in [7, 11) is 0. The molecule has 1 aromatic carbocycles. The molecule has 18 heavy (non-hydrogen) atoms. The third-order valence-corrected chi connectivity index (χ3v) is 2.71. The Kier molecular flexibility index (Phi) is 4.35. The number of nitrogens with two attached hydrogens (primary N) is 1. The second-order valence-electron chi connectivity index (χ2n) is 3.95. The molecule has 0 saturated carbocycles. The highest BCUT2D eigenvalue weighted by atomic mass is 16.6. The molecule has 0 fully saturated rings. The Balaban J connectivity index is 3.06. The molecular weight excluding hydrogens is 238 g/mol. The van der Waals surface area contributed by atoms with Gasteiger partial charge in [-0.25, -0.2) is 4.79 Å². The van der Waals surface area contributed by atoms with Gasteiger partial charge in [-0.1, -0.05) is 0 Å². The van der Waals surface area contributed by atoms with Crippen LogP contribution in [0.25, 0.3) is 0 Å². The second kappa shape index (κ2) is 5.56. The van der Waals surface area contributed by atoms with Gasteiger partial charge in [0.15, 0.2) is 0 Å². The molecule has 0 aliphatic carbocycles. The maximum Gasteiger partial charge on any atom is 0.328 e. The second-order valence-corrected chi connectivity index (χ2v) is 3.95. The molecule has 0 heterocycles. The summed E-state index contributed by atoms with van der Waals surface area (Å²) in [6.07, 6.45) is 0. The van der Waals surface area contributed by atoms with Gasteiger partial charge in [-0.05, 0) is 24.6 Å². The van der Waals surface area contributed by atoms with Crippen LogP contribution in [0.15, 0.2) is 24.3 Å². The number of nitro benzene ring substituents is 1. The molecule has 0 aliphatic heterocycles. The zero-order valence-corrected chi connectivity index (χ0v) is 9.92. The SMILES string of the molecule is CC(NCCN)(C(=O)O)c1ccc([N+](=O)[O-])cc1. The standard InChI is InChI=1S/C11H15N3O4/c1-11(10(15)16,13-7-6-12)8-2-4-9(5-3-8)14(17)18/h2-5,13H,6-7,12H2,1H3,(H,15,16). The third-order valence-electron chi connectivity index (χ3n) is 2.71. The molecule has 0 bridgehead atoms. The molecule has 0 saturated heterocycles. The highest BCUT2D eigenvalue weighted by Gasteiger charge is 2.34. The summed E-state index contributed by atoms with van der Waals surface area (Å²) in [5, 5.41) is 22.6. The first-order valence-corrected chi connectivity index (χ1v) is 5.35. The Morgan fingerprint density at radius 2 is 2.06 bits per heavy atom. The molecule has 0 aliphatic rings. The molecule has 1 unspecified atom stereocenters. The summed E-state index contributed by atoms with van der Waals surface area (Å²) in [6, 6.07) is 5.41. The van der Waals surface area contributed by atoms with Crippen molar-refractivity contribution in [1.29, 1.82) is 0 Å². The highest BCUT2D eigenvalue weighted by molar-refractivity contribution is 5.80. The van der Waals surface area contributed by atoms with Crippen molar-refractivity contribution in [3.63, 3.8) is 0 Å². The highest BCUT2D eigenvalue weighted by Crippen LogP contribution is 2.23. The summed E-state index contributed by atoms with van der Waals surface area (Å²) in [5.41, 5.74) is 4.38. The first kappa shape index (κ1) is 14.1. The monoisotopic (exact) mass is 253 g/mol. The predicted octanol–water partition coefficient (Wildman–Crippen LogP) is 0.443. The molecule has 1 rings (SSSR count). The quantitative estimate of drug-likeness (QED) is 0.500. The van der Waals surface area contributed by atoms with Gasteiger partial charge in [-0.15, -0.1) is 0 Å². The molecule has 98 valence electrons.